The summed E-state index contributed by atoms with van der Waals surface area (Å²) in [6.07, 6.45) is 8.36. The number of hydrogen-bond donors (Lipinski definition) is 0. The van der Waals surface area contributed by atoms with Crippen LogP contribution < -0.4 is 0 Å². The number of rotatable bonds is 4. The molecule has 16 nitrogen and oxygen atoms in total. The molecule has 1 aliphatic carbocycles. The first kappa shape index (κ1) is 40.7. The zero-order chi connectivity index (χ0) is 33.1. The summed E-state index contributed by atoms with van der Waals surface area (Å²) in [7, 11) is 4.08. The van der Waals surface area contributed by atoms with Gasteiger partial charge in [0.2, 0.25) is 0 Å². The Kier molecular flexibility index (Phi) is 20.1. The predicted octanol–water partition coefficient (Wildman–Crippen LogP) is 5.02. The monoisotopic (exact) mass is 785 g/mol. The third-order valence-electron chi connectivity index (χ3n) is 6.10. The number of nitriles is 1. The molecule has 2 atom stereocenters. The minimum absolute atomic E-state index is 0. The summed E-state index contributed by atoms with van der Waals surface area (Å²) in [5.74, 6) is 1.78. The number of aromatic nitrogens is 4. The zero-order valence-electron chi connectivity index (χ0n) is 24.4. The average Bonchev–Trinajstić information content (AvgIpc) is 3.47. The first-order valence-electron chi connectivity index (χ1n) is 12.8. The first-order chi connectivity index (χ1) is 21.0. The Bertz CT molecular complexity index is 1540. The molecule has 1 radical (unpaired) electrons. The first-order valence-corrected chi connectivity index (χ1v) is 13.3. The fourth-order valence-corrected chi connectivity index (χ4v) is 4.32. The number of fused-ring (bicyclic) bond motifs is 2. The molecule has 1 fully saturated rings. The van der Waals surface area contributed by atoms with Crippen LogP contribution in [0.25, 0.3) is 27.5 Å². The molecule has 0 bridgehead atoms. The number of para-hydroxylation sites is 4. The average molecular weight is 784 g/mol. The van der Waals surface area contributed by atoms with Gasteiger partial charge in [-0.1, -0.05) is 49.3 Å². The largest absolute Gasteiger partial charge is 3.00 e. The summed E-state index contributed by atoms with van der Waals surface area (Å²) in [5, 5.41) is 45.3. The van der Waals surface area contributed by atoms with Gasteiger partial charge >= 0.3 is 38.2 Å². The molecule has 0 aliphatic heterocycles. The van der Waals surface area contributed by atoms with E-state index in [2.05, 4.69) is 33.5 Å². The summed E-state index contributed by atoms with van der Waals surface area (Å²) >= 11 is 3.70. The van der Waals surface area contributed by atoms with Crippen LogP contribution in [-0.2, 0) is 14.1 Å². The number of thiocarbonyl (C=S) groups is 1. The van der Waals surface area contributed by atoms with Crippen molar-refractivity contribution in [1.82, 2.24) is 19.1 Å². The van der Waals surface area contributed by atoms with Crippen molar-refractivity contribution in [2.75, 3.05) is 0 Å². The van der Waals surface area contributed by atoms with Crippen molar-refractivity contribution >= 4 is 51.9 Å². The van der Waals surface area contributed by atoms with Gasteiger partial charge in [0.05, 0.1) is 62.8 Å². The SMILES string of the molecule is CC#N.Cn1c(C=N[C@H]2CCCC[C@H]2N=Cc2nc3ccccc3n2C)nc2ccccc21.O=[N+]([O-])[O-].O=[N+]([O-])[O-].[Dy+3].[N-]=C=S. The third-order valence-corrected chi connectivity index (χ3v) is 6.10. The molecule has 0 spiro atoms. The molecule has 4 aromatic rings. The minimum Gasteiger partial charge on any atom is -0.753 e. The van der Waals surface area contributed by atoms with E-state index < -0.39 is 10.2 Å². The van der Waals surface area contributed by atoms with Gasteiger partial charge in [0.25, 0.3) is 0 Å². The van der Waals surface area contributed by atoms with Crippen LogP contribution in [0.1, 0.15) is 44.3 Å². The Labute approximate surface area is 293 Å². The molecule has 2 heterocycles. The molecule has 45 heavy (non-hydrogen) atoms. The quantitative estimate of drug-likeness (QED) is 0.116. The fourth-order valence-electron chi connectivity index (χ4n) is 4.32. The number of aryl methyl sites for hydroxylation is 2. The molecule has 0 N–H and O–H groups in total. The van der Waals surface area contributed by atoms with Gasteiger partial charge < -0.3 is 45.2 Å². The topological polar surface area (TPSA) is 239 Å². The van der Waals surface area contributed by atoms with Crippen LogP contribution in [0.5, 0.6) is 0 Å². The van der Waals surface area contributed by atoms with Crippen molar-refractivity contribution in [2.24, 2.45) is 24.1 Å². The van der Waals surface area contributed by atoms with E-state index >= 15 is 0 Å². The molecule has 1 aliphatic rings. The maximum absolute atomic E-state index is 8.25. The van der Waals surface area contributed by atoms with Crippen molar-refractivity contribution in [1.29, 1.82) is 5.26 Å². The second-order valence-electron chi connectivity index (χ2n) is 8.77. The zero-order valence-corrected chi connectivity index (χ0v) is 27.2. The Morgan fingerprint density at radius 3 is 1.44 bits per heavy atom. The molecule has 5 rings (SSSR count). The van der Waals surface area contributed by atoms with E-state index in [1.807, 2.05) is 62.9 Å². The number of imidazole rings is 2. The van der Waals surface area contributed by atoms with Crippen molar-refractivity contribution in [3.05, 3.63) is 96.2 Å². The Morgan fingerprint density at radius 1 is 0.867 bits per heavy atom. The van der Waals surface area contributed by atoms with E-state index in [9.17, 15) is 0 Å². The van der Waals surface area contributed by atoms with Gasteiger partial charge in [-0.15, -0.1) is 0 Å². The molecule has 0 amide bonds. The summed E-state index contributed by atoms with van der Waals surface area (Å²) in [4.78, 5) is 35.8. The van der Waals surface area contributed by atoms with Gasteiger partial charge in [-0.05, 0) is 37.1 Å². The van der Waals surface area contributed by atoms with Crippen LogP contribution in [0.3, 0.4) is 0 Å². The van der Waals surface area contributed by atoms with E-state index in [1.54, 1.807) is 6.07 Å². The van der Waals surface area contributed by atoms with Gasteiger partial charge in [-0.25, -0.2) is 9.97 Å². The second kappa shape index (κ2) is 22.2. The van der Waals surface area contributed by atoms with Gasteiger partial charge in [-0.2, -0.15) is 10.4 Å². The number of hydrogen-bond acceptors (Lipinski definition) is 12. The summed E-state index contributed by atoms with van der Waals surface area (Å²) in [6.45, 7) is 1.43. The Hall–Kier alpha value is -4.32. The van der Waals surface area contributed by atoms with Crippen molar-refractivity contribution < 1.29 is 48.3 Å². The van der Waals surface area contributed by atoms with Gasteiger partial charge in [0.1, 0.15) is 0 Å². The van der Waals surface area contributed by atoms with Gasteiger partial charge in [-0.3, -0.25) is 9.98 Å². The summed E-state index contributed by atoms with van der Waals surface area (Å²) < 4.78 is 4.19. The van der Waals surface area contributed by atoms with Gasteiger partial charge in [0, 0.05) is 21.0 Å². The van der Waals surface area contributed by atoms with Crippen molar-refractivity contribution in [3.8, 4) is 6.07 Å². The van der Waals surface area contributed by atoms with Crippen LogP contribution in [-0.4, -0.2) is 58.9 Å². The number of aliphatic imine (C=N–C) groups is 2. The van der Waals surface area contributed by atoms with E-state index in [0.29, 0.717) is 0 Å². The van der Waals surface area contributed by atoms with Crippen molar-refractivity contribution in [2.45, 2.75) is 44.7 Å². The maximum atomic E-state index is 8.25. The van der Waals surface area contributed by atoms with E-state index in [1.165, 1.54) is 24.9 Å². The predicted molar refractivity (Wildman–Crippen MR) is 171 cm³/mol. The molecule has 0 unspecified atom stereocenters. The summed E-state index contributed by atoms with van der Waals surface area (Å²) in [5.41, 5.74) is 4.25. The minimum atomic E-state index is -1.75. The molecule has 2 aromatic heterocycles. The van der Waals surface area contributed by atoms with Gasteiger partial charge in [0.15, 0.2) is 11.6 Å². The Balaban J connectivity index is 0.00000110. The van der Waals surface area contributed by atoms with Crippen LogP contribution in [0, 0.1) is 80.1 Å². The maximum Gasteiger partial charge on any atom is 3.00 e. The smallest absolute Gasteiger partial charge is 0.753 e. The standard InChI is InChI=1S/C24H26N6.C2H3N.CNS.Dy.2NO3/c1-29-21-13-7-5-11-19(21)27-23(29)15-25-17-9-3-4-10-18(17)26-16-24-28-20-12-6-8-14-22(20)30(24)2;1-2-3;2-1-3;;2*2-1(3)4/h5-8,11-18H,3-4,9-10H2,1-2H3;1H3;;;;/q;;-1;+3;2*-1/t17-,18+;;;;;. The third kappa shape index (κ3) is 14.3. The number of benzene rings is 2. The fraction of sp³-hybridized carbons (Fsp3) is 0.333. The normalized spacial score (nSPS) is 14.9. The molecule has 2 aromatic carbocycles. The van der Waals surface area contributed by atoms with E-state index in [4.69, 9.17) is 61.3 Å². The summed E-state index contributed by atoms with van der Waals surface area (Å²) in [6, 6.07) is 18.5. The molecule has 1 saturated carbocycles. The molecule has 18 heteroatoms. The van der Waals surface area contributed by atoms with Crippen LogP contribution >= 0.6 is 12.2 Å². The molecular weight excluding hydrogens is 755 g/mol. The van der Waals surface area contributed by atoms with E-state index in [0.717, 1.165) is 46.6 Å². The number of isothiocyanates is 1. The van der Waals surface area contributed by atoms with Crippen LogP contribution in [0.4, 0.5) is 0 Å². The number of nitrogens with zero attached hydrogens (tertiary/aromatic N) is 10. The van der Waals surface area contributed by atoms with Crippen molar-refractivity contribution in [3.63, 3.8) is 0 Å². The molecular formula is C27H29DyN10O6S. The molecule has 0 saturated heterocycles. The van der Waals surface area contributed by atoms with E-state index in [-0.39, 0.29) is 50.3 Å². The van der Waals surface area contributed by atoms with Crippen LogP contribution in [0.2, 0.25) is 0 Å². The second-order valence-corrected chi connectivity index (χ2v) is 8.96. The Morgan fingerprint density at radius 2 is 1.16 bits per heavy atom. The molecule has 239 valence electrons. The van der Waals surface area contributed by atoms with Crippen LogP contribution in [0.15, 0.2) is 58.5 Å².